The van der Waals surface area contributed by atoms with Crippen molar-refractivity contribution in [2.75, 3.05) is 11.1 Å². The summed E-state index contributed by atoms with van der Waals surface area (Å²) in [6.45, 7) is 2.71. The molecule has 0 aliphatic heterocycles. The fourth-order valence-corrected chi connectivity index (χ4v) is 2.79. The Morgan fingerprint density at radius 1 is 0.958 bits per heavy atom. The number of nitrogens with one attached hydrogen (secondary N) is 1. The van der Waals surface area contributed by atoms with E-state index in [9.17, 15) is 4.79 Å². The highest BCUT2D eigenvalue weighted by Crippen LogP contribution is 2.32. The van der Waals surface area contributed by atoms with Gasteiger partial charge in [-0.3, -0.25) is 4.79 Å². The van der Waals surface area contributed by atoms with Crippen LogP contribution in [0.1, 0.15) is 21.5 Å². The first-order chi connectivity index (χ1) is 11.7. The predicted molar refractivity (Wildman–Crippen MR) is 100 cm³/mol. The van der Waals surface area contributed by atoms with Crippen LogP contribution in [0.25, 0.3) is 11.1 Å². The van der Waals surface area contributed by atoms with E-state index >= 15 is 0 Å². The molecule has 0 saturated carbocycles. The van der Waals surface area contributed by atoms with Gasteiger partial charge in [0, 0.05) is 29.0 Å². The second-order valence-electron chi connectivity index (χ2n) is 5.79. The Kier molecular flexibility index (Phi) is 4.62. The standard InChI is InChI=1S/C21H20N2O/c1-15-7-10-18(13-23-19-11-8-16(14-24)9-12-19)21(22)20(15)17-5-3-2-4-6-17/h2-12,14,23H,13,22H2,1H3. The minimum atomic E-state index is 0.631. The monoisotopic (exact) mass is 316 g/mol. The maximum Gasteiger partial charge on any atom is 0.150 e. The quantitative estimate of drug-likeness (QED) is 0.531. The van der Waals surface area contributed by atoms with Gasteiger partial charge in [0.05, 0.1) is 0 Å². The highest BCUT2D eigenvalue weighted by atomic mass is 16.1. The molecule has 0 bridgehead atoms. The molecule has 0 fully saturated rings. The van der Waals surface area contributed by atoms with Gasteiger partial charge in [-0.1, -0.05) is 42.5 Å². The van der Waals surface area contributed by atoms with Crippen LogP contribution in [0.15, 0.2) is 66.7 Å². The summed E-state index contributed by atoms with van der Waals surface area (Å²) in [6.07, 6.45) is 0.841. The number of nitrogen functional groups attached to an aromatic ring is 1. The zero-order chi connectivity index (χ0) is 16.9. The average Bonchev–Trinajstić information content (AvgIpc) is 2.62. The van der Waals surface area contributed by atoms with Crippen LogP contribution in [-0.4, -0.2) is 6.29 Å². The van der Waals surface area contributed by atoms with Crippen LogP contribution in [0.5, 0.6) is 0 Å². The number of hydrogen-bond acceptors (Lipinski definition) is 3. The van der Waals surface area contributed by atoms with Gasteiger partial charge < -0.3 is 11.1 Å². The van der Waals surface area contributed by atoms with Gasteiger partial charge in [-0.15, -0.1) is 0 Å². The first-order valence-corrected chi connectivity index (χ1v) is 7.91. The van der Waals surface area contributed by atoms with E-state index in [0.717, 1.165) is 39.9 Å². The van der Waals surface area contributed by atoms with Crippen molar-refractivity contribution in [1.29, 1.82) is 0 Å². The van der Waals surface area contributed by atoms with Gasteiger partial charge in [0.25, 0.3) is 0 Å². The molecular formula is C21H20N2O. The van der Waals surface area contributed by atoms with E-state index in [1.807, 2.05) is 30.3 Å². The summed E-state index contributed by atoms with van der Waals surface area (Å²) in [7, 11) is 0. The van der Waals surface area contributed by atoms with Crippen LogP contribution in [0, 0.1) is 6.92 Å². The van der Waals surface area contributed by atoms with Crippen molar-refractivity contribution in [1.82, 2.24) is 0 Å². The molecule has 0 amide bonds. The van der Waals surface area contributed by atoms with Crippen LogP contribution in [0.2, 0.25) is 0 Å². The van der Waals surface area contributed by atoms with Crippen molar-refractivity contribution in [2.45, 2.75) is 13.5 Å². The maximum atomic E-state index is 10.7. The van der Waals surface area contributed by atoms with E-state index in [1.54, 1.807) is 12.1 Å². The van der Waals surface area contributed by atoms with E-state index < -0.39 is 0 Å². The zero-order valence-corrected chi connectivity index (χ0v) is 13.6. The van der Waals surface area contributed by atoms with Crippen LogP contribution in [0.4, 0.5) is 11.4 Å². The summed E-state index contributed by atoms with van der Waals surface area (Å²) >= 11 is 0. The molecule has 3 rings (SSSR count). The van der Waals surface area contributed by atoms with Crippen molar-refractivity contribution < 1.29 is 4.79 Å². The summed E-state index contributed by atoms with van der Waals surface area (Å²) in [5, 5.41) is 3.36. The third kappa shape index (κ3) is 3.30. The Morgan fingerprint density at radius 3 is 2.33 bits per heavy atom. The first kappa shape index (κ1) is 15.8. The van der Waals surface area contributed by atoms with Crippen molar-refractivity contribution in [2.24, 2.45) is 0 Å². The van der Waals surface area contributed by atoms with Gasteiger partial charge in [-0.25, -0.2) is 0 Å². The molecule has 0 atom stereocenters. The Hall–Kier alpha value is -3.07. The molecule has 3 heteroatoms. The first-order valence-electron chi connectivity index (χ1n) is 7.91. The number of aldehydes is 1. The van der Waals surface area contributed by atoms with E-state index in [4.69, 9.17) is 5.73 Å². The molecule has 0 radical (unpaired) electrons. The normalized spacial score (nSPS) is 10.4. The lowest BCUT2D eigenvalue weighted by Gasteiger charge is -2.15. The number of nitrogens with two attached hydrogens (primary N) is 1. The average molecular weight is 316 g/mol. The van der Waals surface area contributed by atoms with Gasteiger partial charge in [-0.2, -0.15) is 0 Å². The molecule has 0 aliphatic carbocycles. The summed E-state index contributed by atoms with van der Waals surface area (Å²) in [5.41, 5.74) is 13.3. The van der Waals surface area contributed by atoms with E-state index in [-0.39, 0.29) is 0 Å². The number of hydrogen-bond donors (Lipinski definition) is 2. The number of aryl methyl sites for hydroxylation is 1. The third-order valence-corrected chi connectivity index (χ3v) is 4.14. The molecule has 0 aliphatic rings. The van der Waals surface area contributed by atoms with E-state index in [0.29, 0.717) is 12.1 Å². The second-order valence-corrected chi connectivity index (χ2v) is 5.79. The summed E-state index contributed by atoms with van der Waals surface area (Å²) in [5.74, 6) is 0. The smallest absolute Gasteiger partial charge is 0.150 e. The molecule has 120 valence electrons. The van der Waals surface area contributed by atoms with Gasteiger partial charge in [0.15, 0.2) is 0 Å². The highest BCUT2D eigenvalue weighted by molar-refractivity contribution is 5.81. The molecule has 3 nitrogen and oxygen atoms in total. The van der Waals surface area contributed by atoms with Crippen molar-refractivity contribution in [3.63, 3.8) is 0 Å². The van der Waals surface area contributed by atoms with Crippen LogP contribution in [-0.2, 0) is 6.54 Å². The predicted octanol–water partition coefficient (Wildman–Crippen LogP) is 4.67. The third-order valence-electron chi connectivity index (χ3n) is 4.14. The van der Waals surface area contributed by atoms with Crippen molar-refractivity contribution in [3.05, 3.63) is 83.4 Å². The van der Waals surface area contributed by atoms with Gasteiger partial charge in [0.1, 0.15) is 6.29 Å². The van der Waals surface area contributed by atoms with Crippen molar-refractivity contribution >= 4 is 17.7 Å². The molecule has 24 heavy (non-hydrogen) atoms. The van der Waals surface area contributed by atoms with Gasteiger partial charge in [-0.05, 0) is 47.9 Å². The van der Waals surface area contributed by atoms with Gasteiger partial charge >= 0.3 is 0 Å². The molecule has 3 aromatic carbocycles. The van der Waals surface area contributed by atoms with Crippen molar-refractivity contribution in [3.8, 4) is 11.1 Å². The highest BCUT2D eigenvalue weighted by Gasteiger charge is 2.10. The number of carbonyl (C=O) groups is 1. The molecule has 3 aromatic rings. The minimum Gasteiger partial charge on any atom is -0.398 e. The second kappa shape index (κ2) is 7.01. The lowest BCUT2D eigenvalue weighted by molar-refractivity contribution is 0.112. The largest absolute Gasteiger partial charge is 0.398 e. The molecule has 0 spiro atoms. The Morgan fingerprint density at radius 2 is 1.67 bits per heavy atom. The number of rotatable bonds is 5. The Balaban J connectivity index is 1.85. The maximum absolute atomic E-state index is 10.7. The van der Waals surface area contributed by atoms with E-state index in [1.165, 1.54) is 0 Å². The summed E-state index contributed by atoms with van der Waals surface area (Å²) in [6, 6.07) is 21.7. The summed E-state index contributed by atoms with van der Waals surface area (Å²) < 4.78 is 0. The molecule has 3 N–H and O–H groups in total. The summed E-state index contributed by atoms with van der Waals surface area (Å²) in [4.78, 5) is 10.7. The molecule has 0 heterocycles. The zero-order valence-electron chi connectivity index (χ0n) is 13.6. The fourth-order valence-electron chi connectivity index (χ4n) is 2.79. The van der Waals surface area contributed by atoms with E-state index in [2.05, 4.69) is 36.5 Å². The Bertz CT molecular complexity index is 840. The SMILES string of the molecule is Cc1ccc(CNc2ccc(C=O)cc2)c(N)c1-c1ccccc1. The van der Waals surface area contributed by atoms with Crippen LogP contribution >= 0.6 is 0 Å². The number of anilines is 2. The molecule has 0 saturated heterocycles. The fraction of sp³-hybridized carbons (Fsp3) is 0.0952. The minimum absolute atomic E-state index is 0.631. The number of benzene rings is 3. The molecular weight excluding hydrogens is 296 g/mol. The number of carbonyl (C=O) groups excluding carboxylic acids is 1. The molecule has 0 unspecified atom stereocenters. The van der Waals surface area contributed by atoms with Gasteiger partial charge in [0.2, 0.25) is 0 Å². The van der Waals surface area contributed by atoms with Crippen LogP contribution < -0.4 is 11.1 Å². The lowest BCUT2D eigenvalue weighted by atomic mass is 9.95. The van der Waals surface area contributed by atoms with Crippen LogP contribution in [0.3, 0.4) is 0 Å². The Labute approximate surface area is 142 Å². The lowest BCUT2D eigenvalue weighted by Crippen LogP contribution is -2.05. The topological polar surface area (TPSA) is 55.1 Å². The molecule has 0 aromatic heterocycles.